The van der Waals surface area contributed by atoms with Crippen LogP contribution in [0.2, 0.25) is 0 Å². The van der Waals surface area contributed by atoms with Gasteiger partial charge in [-0.15, -0.1) is 0 Å². The Hall–Kier alpha value is -1.46. The molecule has 2 saturated heterocycles. The Morgan fingerprint density at radius 2 is 2.45 bits per heavy atom. The molecule has 20 heavy (non-hydrogen) atoms. The van der Waals surface area contributed by atoms with Crippen molar-refractivity contribution in [1.29, 1.82) is 0 Å². The number of piperidine rings is 1. The van der Waals surface area contributed by atoms with Crippen LogP contribution in [0.1, 0.15) is 12.0 Å². The molecule has 3 heterocycles. The zero-order valence-electron chi connectivity index (χ0n) is 11.8. The van der Waals surface area contributed by atoms with Gasteiger partial charge in [0, 0.05) is 44.6 Å². The average molecular weight is 275 g/mol. The van der Waals surface area contributed by atoms with Crippen molar-refractivity contribution >= 4 is 5.91 Å². The average Bonchev–Trinajstić information content (AvgIpc) is 2.93. The number of amides is 1. The molecule has 0 saturated carbocycles. The summed E-state index contributed by atoms with van der Waals surface area (Å²) in [7, 11) is 2.05. The lowest BCUT2D eigenvalue weighted by molar-refractivity contribution is -0.130. The molecule has 0 radical (unpaired) electrons. The highest BCUT2D eigenvalue weighted by atomic mass is 16.5. The van der Waals surface area contributed by atoms with E-state index in [0.29, 0.717) is 12.5 Å². The largest absolute Gasteiger partial charge is 0.377 e. The molecule has 1 aromatic heterocycles. The van der Waals surface area contributed by atoms with E-state index in [0.717, 1.165) is 31.7 Å². The second kappa shape index (κ2) is 5.89. The van der Waals surface area contributed by atoms with Gasteiger partial charge in [0.1, 0.15) is 0 Å². The Balaban J connectivity index is 1.61. The Morgan fingerprint density at radius 3 is 3.25 bits per heavy atom. The summed E-state index contributed by atoms with van der Waals surface area (Å²) in [6.45, 7) is 3.10. The van der Waals surface area contributed by atoms with Crippen molar-refractivity contribution in [1.82, 2.24) is 15.2 Å². The van der Waals surface area contributed by atoms with Gasteiger partial charge in [0.15, 0.2) is 0 Å². The third-order valence-electron chi connectivity index (χ3n) is 4.30. The summed E-state index contributed by atoms with van der Waals surface area (Å²) < 4.78 is 5.74. The SMILES string of the molecule is CN1C[C@@H]2OCC[C@@H]2[C@H](C(=O)NCc2cccnc2)C1. The molecule has 2 aliphatic rings. The molecule has 108 valence electrons. The number of carbonyl (C=O) groups excluding carboxylic acids is 1. The highest BCUT2D eigenvalue weighted by Crippen LogP contribution is 2.33. The number of fused-ring (bicyclic) bond motifs is 1. The van der Waals surface area contributed by atoms with Crippen LogP contribution >= 0.6 is 0 Å². The van der Waals surface area contributed by atoms with Crippen LogP contribution in [0, 0.1) is 11.8 Å². The quantitative estimate of drug-likeness (QED) is 0.880. The van der Waals surface area contributed by atoms with Gasteiger partial charge < -0.3 is 15.0 Å². The van der Waals surface area contributed by atoms with Crippen molar-refractivity contribution in [2.24, 2.45) is 11.8 Å². The van der Waals surface area contributed by atoms with Crippen molar-refractivity contribution in [3.63, 3.8) is 0 Å². The highest BCUT2D eigenvalue weighted by Gasteiger charge is 2.42. The number of rotatable bonds is 3. The normalized spacial score (nSPS) is 29.9. The van der Waals surface area contributed by atoms with Crippen molar-refractivity contribution in [3.05, 3.63) is 30.1 Å². The van der Waals surface area contributed by atoms with E-state index in [2.05, 4.69) is 22.2 Å². The summed E-state index contributed by atoms with van der Waals surface area (Å²) in [5.41, 5.74) is 1.03. The first-order chi connectivity index (χ1) is 9.74. The number of likely N-dealkylation sites (N-methyl/N-ethyl adjacent to an activating group) is 1. The molecule has 1 N–H and O–H groups in total. The Bertz CT molecular complexity index is 465. The fourth-order valence-corrected chi connectivity index (χ4v) is 3.27. The minimum absolute atomic E-state index is 0.0397. The van der Waals surface area contributed by atoms with Gasteiger partial charge in [0.2, 0.25) is 5.91 Å². The number of aromatic nitrogens is 1. The molecule has 0 unspecified atom stereocenters. The number of hydrogen-bond acceptors (Lipinski definition) is 4. The number of hydrogen-bond donors (Lipinski definition) is 1. The maximum atomic E-state index is 12.4. The number of nitrogens with zero attached hydrogens (tertiary/aromatic N) is 2. The van der Waals surface area contributed by atoms with E-state index in [1.54, 1.807) is 12.4 Å². The molecular formula is C15H21N3O2. The minimum Gasteiger partial charge on any atom is -0.377 e. The first kappa shape index (κ1) is 13.5. The molecule has 0 aliphatic carbocycles. The van der Waals surface area contributed by atoms with Crippen LogP contribution in [0.4, 0.5) is 0 Å². The first-order valence-electron chi connectivity index (χ1n) is 7.21. The minimum atomic E-state index is 0.0397. The number of ether oxygens (including phenoxy) is 1. The molecule has 1 aromatic rings. The maximum Gasteiger partial charge on any atom is 0.225 e. The van der Waals surface area contributed by atoms with E-state index in [4.69, 9.17) is 4.74 Å². The summed E-state index contributed by atoms with van der Waals surface area (Å²) in [6, 6.07) is 3.86. The van der Waals surface area contributed by atoms with Crippen molar-refractivity contribution < 1.29 is 9.53 Å². The fraction of sp³-hybridized carbons (Fsp3) is 0.600. The predicted molar refractivity (Wildman–Crippen MR) is 74.9 cm³/mol. The lowest BCUT2D eigenvalue weighted by Gasteiger charge is -2.37. The standard InChI is InChI=1S/C15H21N3O2/c1-18-9-13(12-4-6-20-14(12)10-18)15(19)17-8-11-3-2-5-16-7-11/h2-3,5,7,12-14H,4,6,8-10H2,1H3,(H,17,19)/t12-,13-,14+/m1/s1. The lowest BCUT2D eigenvalue weighted by atomic mass is 9.82. The monoisotopic (exact) mass is 275 g/mol. The molecular weight excluding hydrogens is 254 g/mol. The molecule has 5 nitrogen and oxygen atoms in total. The molecule has 0 aromatic carbocycles. The van der Waals surface area contributed by atoms with E-state index >= 15 is 0 Å². The van der Waals surface area contributed by atoms with E-state index in [1.165, 1.54) is 0 Å². The van der Waals surface area contributed by atoms with Crippen molar-refractivity contribution in [2.45, 2.75) is 19.1 Å². The Labute approximate surface area is 119 Å². The maximum absolute atomic E-state index is 12.4. The van der Waals surface area contributed by atoms with Gasteiger partial charge in [-0.05, 0) is 25.1 Å². The topological polar surface area (TPSA) is 54.5 Å². The smallest absolute Gasteiger partial charge is 0.225 e. The van der Waals surface area contributed by atoms with E-state index < -0.39 is 0 Å². The van der Waals surface area contributed by atoms with Crippen molar-refractivity contribution in [3.8, 4) is 0 Å². The van der Waals surface area contributed by atoms with E-state index in [-0.39, 0.29) is 17.9 Å². The molecule has 3 atom stereocenters. The van der Waals surface area contributed by atoms with Gasteiger partial charge in [-0.3, -0.25) is 9.78 Å². The predicted octanol–water partition coefficient (Wildman–Crippen LogP) is 0.664. The number of carbonyl (C=O) groups is 1. The van der Waals surface area contributed by atoms with Crippen LogP contribution in [0.3, 0.4) is 0 Å². The second-order valence-corrected chi connectivity index (χ2v) is 5.77. The third kappa shape index (κ3) is 2.83. The van der Waals surface area contributed by atoms with Crippen LogP contribution in [0.25, 0.3) is 0 Å². The summed E-state index contributed by atoms with van der Waals surface area (Å²) in [6.07, 6.45) is 4.75. The summed E-state index contributed by atoms with van der Waals surface area (Å²) in [5.74, 6) is 0.555. The van der Waals surface area contributed by atoms with Crippen LogP contribution in [-0.4, -0.2) is 48.6 Å². The lowest BCUT2D eigenvalue weighted by Crippen LogP contribution is -2.51. The summed E-state index contributed by atoms with van der Waals surface area (Å²) >= 11 is 0. The third-order valence-corrected chi connectivity index (χ3v) is 4.30. The van der Waals surface area contributed by atoms with Gasteiger partial charge >= 0.3 is 0 Å². The number of pyridine rings is 1. The van der Waals surface area contributed by atoms with E-state index in [9.17, 15) is 4.79 Å². The van der Waals surface area contributed by atoms with Gasteiger partial charge in [-0.2, -0.15) is 0 Å². The molecule has 0 bridgehead atoms. The van der Waals surface area contributed by atoms with Gasteiger partial charge in [-0.1, -0.05) is 6.07 Å². The number of nitrogens with one attached hydrogen (secondary N) is 1. The van der Waals surface area contributed by atoms with E-state index in [1.807, 2.05) is 12.1 Å². The van der Waals surface area contributed by atoms with Crippen LogP contribution in [0.15, 0.2) is 24.5 Å². The van der Waals surface area contributed by atoms with Crippen LogP contribution in [0.5, 0.6) is 0 Å². The molecule has 1 amide bonds. The molecule has 2 fully saturated rings. The van der Waals surface area contributed by atoms with Gasteiger partial charge in [-0.25, -0.2) is 0 Å². The summed E-state index contributed by atoms with van der Waals surface area (Å²) in [4.78, 5) is 18.7. The Morgan fingerprint density at radius 1 is 1.55 bits per heavy atom. The highest BCUT2D eigenvalue weighted by molar-refractivity contribution is 5.79. The second-order valence-electron chi connectivity index (χ2n) is 5.77. The van der Waals surface area contributed by atoms with Crippen LogP contribution < -0.4 is 5.32 Å². The molecule has 3 rings (SSSR count). The number of likely N-dealkylation sites (tertiary alicyclic amines) is 1. The zero-order chi connectivity index (χ0) is 13.9. The molecule has 5 heteroatoms. The molecule has 0 spiro atoms. The fourth-order valence-electron chi connectivity index (χ4n) is 3.27. The Kier molecular flexibility index (Phi) is 3.98. The first-order valence-corrected chi connectivity index (χ1v) is 7.21. The molecule has 2 aliphatic heterocycles. The zero-order valence-corrected chi connectivity index (χ0v) is 11.8. The van der Waals surface area contributed by atoms with Gasteiger partial charge in [0.05, 0.1) is 12.0 Å². The summed E-state index contributed by atoms with van der Waals surface area (Å²) in [5, 5.41) is 3.04. The van der Waals surface area contributed by atoms with Crippen LogP contribution in [-0.2, 0) is 16.1 Å². The van der Waals surface area contributed by atoms with Crippen molar-refractivity contribution in [2.75, 3.05) is 26.7 Å². The van der Waals surface area contributed by atoms with Gasteiger partial charge in [0.25, 0.3) is 0 Å².